The SMILES string of the molecule is CC.CC.Cc1ccc(O)c(OC(C)C)c1. The second-order valence-corrected chi connectivity index (χ2v) is 3.14. The Balaban J connectivity index is 0. The summed E-state index contributed by atoms with van der Waals surface area (Å²) in [4.78, 5) is 0. The van der Waals surface area contributed by atoms with Crippen molar-refractivity contribution in [2.24, 2.45) is 0 Å². The molecule has 0 fully saturated rings. The summed E-state index contributed by atoms with van der Waals surface area (Å²) in [7, 11) is 0. The summed E-state index contributed by atoms with van der Waals surface area (Å²) >= 11 is 0. The third kappa shape index (κ3) is 7.16. The van der Waals surface area contributed by atoms with Crippen molar-refractivity contribution < 1.29 is 9.84 Å². The lowest BCUT2D eigenvalue weighted by atomic mass is 10.2. The van der Waals surface area contributed by atoms with E-state index in [-0.39, 0.29) is 11.9 Å². The van der Waals surface area contributed by atoms with E-state index in [9.17, 15) is 5.11 Å². The first-order chi connectivity index (χ1) is 7.59. The molecule has 2 heteroatoms. The largest absolute Gasteiger partial charge is 0.504 e. The average molecular weight is 226 g/mol. The number of benzene rings is 1. The highest BCUT2D eigenvalue weighted by molar-refractivity contribution is 5.41. The van der Waals surface area contributed by atoms with Crippen molar-refractivity contribution in [1.29, 1.82) is 0 Å². The Labute approximate surface area is 100 Å². The van der Waals surface area contributed by atoms with Crippen LogP contribution < -0.4 is 4.74 Å². The van der Waals surface area contributed by atoms with Gasteiger partial charge in [-0.25, -0.2) is 0 Å². The van der Waals surface area contributed by atoms with E-state index >= 15 is 0 Å². The van der Waals surface area contributed by atoms with Gasteiger partial charge >= 0.3 is 0 Å². The Morgan fingerprint density at radius 1 is 1.06 bits per heavy atom. The Morgan fingerprint density at radius 3 is 2.00 bits per heavy atom. The second-order valence-electron chi connectivity index (χ2n) is 3.14. The van der Waals surface area contributed by atoms with Gasteiger partial charge in [0.1, 0.15) is 0 Å². The van der Waals surface area contributed by atoms with Crippen LogP contribution in [0.3, 0.4) is 0 Å². The molecule has 2 nitrogen and oxygen atoms in total. The zero-order valence-electron chi connectivity index (χ0n) is 11.7. The van der Waals surface area contributed by atoms with Crippen molar-refractivity contribution in [3.05, 3.63) is 23.8 Å². The van der Waals surface area contributed by atoms with Gasteiger partial charge in [-0.2, -0.15) is 0 Å². The van der Waals surface area contributed by atoms with Crippen molar-refractivity contribution in [3.8, 4) is 11.5 Å². The lowest BCUT2D eigenvalue weighted by molar-refractivity contribution is 0.231. The topological polar surface area (TPSA) is 29.5 Å². The van der Waals surface area contributed by atoms with E-state index in [0.717, 1.165) is 5.56 Å². The summed E-state index contributed by atoms with van der Waals surface area (Å²) in [5, 5.41) is 9.36. The quantitative estimate of drug-likeness (QED) is 0.802. The molecule has 0 radical (unpaired) electrons. The minimum absolute atomic E-state index is 0.0951. The molecule has 0 saturated carbocycles. The molecule has 16 heavy (non-hydrogen) atoms. The first-order valence-electron chi connectivity index (χ1n) is 6.06. The van der Waals surface area contributed by atoms with Crippen molar-refractivity contribution in [3.63, 3.8) is 0 Å². The number of phenolic OH excluding ortho intramolecular Hbond substituents is 1. The lowest BCUT2D eigenvalue weighted by Crippen LogP contribution is -2.05. The third-order valence-electron chi connectivity index (χ3n) is 1.48. The molecule has 0 atom stereocenters. The van der Waals surface area contributed by atoms with Crippen molar-refractivity contribution >= 4 is 0 Å². The number of phenols is 1. The highest BCUT2D eigenvalue weighted by Crippen LogP contribution is 2.27. The fourth-order valence-corrected chi connectivity index (χ4v) is 0.970. The van der Waals surface area contributed by atoms with E-state index in [4.69, 9.17) is 4.74 Å². The summed E-state index contributed by atoms with van der Waals surface area (Å²) in [5.74, 6) is 0.763. The van der Waals surface area contributed by atoms with Crippen LogP contribution >= 0.6 is 0 Å². The lowest BCUT2D eigenvalue weighted by Gasteiger charge is -2.11. The van der Waals surface area contributed by atoms with Gasteiger partial charge < -0.3 is 9.84 Å². The number of hydrogen-bond acceptors (Lipinski definition) is 2. The van der Waals surface area contributed by atoms with E-state index < -0.39 is 0 Å². The van der Waals surface area contributed by atoms with Crippen molar-refractivity contribution in [1.82, 2.24) is 0 Å². The molecule has 0 spiro atoms. The maximum atomic E-state index is 9.36. The maximum absolute atomic E-state index is 9.36. The normalized spacial score (nSPS) is 8.50. The molecule has 0 heterocycles. The van der Waals surface area contributed by atoms with Crippen LogP contribution in [0.2, 0.25) is 0 Å². The predicted molar refractivity (Wildman–Crippen MR) is 71.3 cm³/mol. The molecule has 1 rings (SSSR count). The highest BCUT2D eigenvalue weighted by Gasteiger charge is 2.03. The van der Waals surface area contributed by atoms with Gasteiger partial charge in [0.05, 0.1) is 6.10 Å². The van der Waals surface area contributed by atoms with Gasteiger partial charge in [-0.3, -0.25) is 0 Å². The minimum atomic E-state index is 0.0951. The minimum Gasteiger partial charge on any atom is -0.504 e. The smallest absolute Gasteiger partial charge is 0.161 e. The fraction of sp³-hybridized carbons (Fsp3) is 0.571. The number of aromatic hydroxyl groups is 1. The first kappa shape index (κ1) is 17.2. The zero-order chi connectivity index (χ0) is 13.1. The molecule has 0 unspecified atom stereocenters. The molecule has 1 aromatic carbocycles. The Morgan fingerprint density at radius 2 is 1.56 bits per heavy atom. The number of hydrogen-bond donors (Lipinski definition) is 1. The summed E-state index contributed by atoms with van der Waals surface area (Å²) in [6, 6.07) is 5.32. The predicted octanol–water partition coefficient (Wildman–Crippen LogP) is 4.54. The van der Waals surface area contributed by atoms with Crippen LogP contribution in [0.1, 0.15) is 47.1 Å². The van der Waals surface area contributed by atoms with E-state index in [1.807, 2.05) is 60.6 Å². The number of aryl methyl sites for hydroxylation is 1. The van der Waals surface area contributed by atoms with Gasteiger partial charge in [0.15, 0.2) is 11.5 Å². The maximum Gasteiger partial charge on any atom is 0.161 e. The molecule has 0 amide bonds. The van der Waals surface area contributed by atoms with Crippen LogP contribution in [-0.2, 0) is 0 Å². The van der Waals surface area contributed by atoms with Crippen LogP contribution in [-0.4, -0.2) is 11.2 Å². The van der Waals surface area contributed by atoms with Crippen LogP contribution in [0.15, 0.2) is 18.2 Å². The average Bonchev–Trinajstić information content (AvgIpc) is 2.28. The van der Waals surface area contributed by atoms with Gasteiger partial charge in [0.2, 0.25) is 0 Å². The highest BCUT2D eigenvalue weighted by atomic mass is 16.5. The van der Waals surface area contributed by atoms with E-state index in [0.29, 0.717) is 5.75 Å². The van der Waals surface area contributed by atoms with Crippen LogP contribution in [0.5, 0.6) is 11.5 Å². The summed E-state index contributed by atoms with van der Waals surface area (Å²) in [6.07, 6.45) is 0.0951. The van der Waals surface area contributed by atoms with Gasteiger partial charge in [0, 0.05) is 0 Å². The number of ether oxygens (including phenoxy) is 1. The molecule has 0 saturated heterocycles. The molecule has 94 valence electrons. The molecule has 1 N–H and O–H groups in total. The Kier molecular flexibility index (Phi) is 11.1. The second kappa shape index (κ2) is 10.3. The van der Waals surface area contributed by atoms with E-state index in [1.54, 1.807) is 6.07 Å². The summed E-state index contributed by atoms with van der Waals surface area (Å²) in [6.45, 7) is 13.8. The molecule has 0 aromatic heterocycles. The molecular formula is C14H26O2. The van der Waals surface area contributed by atoms with E-state index in [1.165, 1.54) is 0 Å². The van der Waals surface area contributed by atoms with Gasteiger partial charge in [0.25, 0.3) is 0 Å². The first-order valence-corrected chi connectivity index (χ1v) is 6.06. The Bertz CT molecular complexity index is 267. The molecule has 1 aromatic rings. The third-order valence-corrected chi connectivity index (χ3v) is 1.48. The molecule has 0 aliphatic heterocycles. The van der Waals surface area contributed by atoms with Gasteiger partial charge in [-0.05, 0) is 38.5 Å². The van der Waals surface area contributed by atoms with Gasteiger partial charge in [-0.1, -0.05) is 33.8 Å². The molecule has 0 aliphatic carbocycles. The Hall–Kier alpha value is -1.18. The van der Waals surface area contributed by atoms with Crippen LogP contribution in [0.25, 0.3) is 0 Å². The van der Waals surface area contributed by atoms with Crippen molar-refractivity contribution in [2.75, 3.05) is 0 Å². The van der Waals surface area contributed by atoms with Crippen LogP contribution in [0, 0.1) is 6.92 Å². The summed E-state index contributed by atoms with van der Waals surface area (Å²) < 4.78 is 5.38. The molecule has 0 aliphatic rings. The van der Waals surface area contributed by atoms with Crippen LogP contribution in [0.4, 0.5) is 0 Å². The standard InChI is InChI=1S/C10H14O2.2C2H6/c1-7(2)12-10-6-8(3)4-5-9(10)11;2*1-2/h4-7,11H,1-3H3;2*1-2H3. The fourth-order valence-electron chi connectivity index (χ4n) is 0.970. The monoisotopic (exact) mass is 226 g/mol. The summed E-state index contributed by atoms with van der Waals surface area (Å²) in [5.41, 5.74) is 1.09. The van der Waals surface area contributed by atoms with Gasteiger partial charge in [-0.15, -0.1) is 0 Å². The molecule has 0 bridgehead atoms. The van der Waals surface area contributed by atoms with E-state index in [2.05, 4.69) is 0 Å². The number of rotatable bonds is 2. The van der Waals surface area contributed by atoms with Crippen molar-refractivity contribution in [2.45, 2.75) is 54.6 Å². The zero-order valence-corrected chi connectivity index (χ0v) is 11.7. The molecular weight excluding hydrogens is 200 g/mol.